The summed E-state index contributed by atoms with van der Waals surface area (Å²) in [6.45, 7) is 11.3. The molecule has 1 unspecified atom stereocenters. The third-order valence-electron chi connectivity index (χ3n) is 3.94. The highest BCUT2D eigenvalue weighted by Gasteiger charge is 2.45. The van der Waals surface area contributed by atoms with Crippen LogP contribution in [0.25, 0.3) is 0 Å². The number of amides is 1. The SMILES string of the molecule is CC(C)OCCN(C)C(=O)C1(C(C)C)CCNC1. The predicted molar refractivity (Wildman–Crippen MR) is 73.5 cm³/mol. The van der Waals surface area contributed by atoms with E-state index in [1.165, 1.54) is 0 Å². The molecule has 0 aromatic rings. The van der Waals surface area contributed by atoms with Crippen LogP contribution in [-0.4, -0.2) is 50.2 Å². The number of nitrogens with one attached hydrogen (secondary N) is 1. The fourth-order valence-corrected chi connectivity index (χ4v) is 2.54. The van der Waals surface area contributed by atoms with E-state index in [2.05, 4.69) is 19.2 Å². The summed E-state index contributed by atoms with van der Waals surface area (Å²) in [4.78, 5) is 14.4. The molecule has 0 aliphatic carbocycles. The van der Waals surface area contributed by atoms with Crippen molar-refractivity contribution in [2.24, 2.45) is 11.3 Å². The summed E-state index contributed by atoms with van der Waals surface area (Å²) >= 11 is 0. The maximum atomic E-state index is 12.6. The summed E-state index contributed by atoms with van der Waals surface area (Å²) in [5, 5.41) is 3.33. The molecule has 1 atom stereocenters. The van der Waals surface area contributed by atoms with Gasteiger partial charge in [-0.05, 0) is 32.7 Å². The minimum atomic E-state index is -0.216. The third kappa shape index (κ3) is 3.45. The van der Waals surface area contributed by atoms with Gasteiger partial charge in [0.1, 0.15) is 0 Å². The number of carbonyl (C=O) groups is 1. The van der Waals surface area contributed by atoms with E-state index in [-0.39, 0.29) is 17.4 Å². The minimum Gasteiger partial charge on any atom is -0.377 e. The van der Waals surface area contributed by atoms with Crippen molar-refractivity contribution in [1.29, 1.82) is 0 Å². The molecule has 1 saturated heterocycles. The van der Waals surface area contributed by atoms with Gasteiger partial charge in [0, 0.05) is 20.1 Å². The molecule has 0 aromatic carbocycles. The van der Waals surface area contributed by atoms with E-state index >= 15 is 0 Å². The molecule has 0 spiro atoms. The molecular weight excluding hydrogens is 228 g/mol. The van der Waals surface area contributed by atoms with Gasteiger partial charge in [-0.1, -0.05) is 13.8 Å². The topological polar surface area (TPSA) is 41.6 Å². The molecule has 1 heterocycles. The van der Waals surface area contributed by atoms with Gasteiger partial charge in [0.15, 0.2) is 0 Å². The Kier molecular flexibility index (Phi) is 5.60. The lowest BCUT2D eigenvalue weighted by Gasteiger charge is -2.35. The quantitative estimate of drug-likeness (QED) is 0.783. The van der Waals surface area contributed by atoms with E-state index in [0.29, 0.717) is 19.1 Å². The Morgan fingerprint density at radius 1 is 1.39 bits per heavy atom. The van der Waals surface area contributed by atoms with Gasteiger partial charge in [0.05, 0.1) is 18.1 Å². The Bertz CT molecular complexity index is 271. The van der Waals surface area contributed by atoms with Gasteiger partial charge in [-0.2, -0.15) is 0 Å². The molecule has 1 fully saturated rings. The monoisotopic (exact) mass is 256 g/mol. The second kappa shape index (κ2) is 6.53. The summed E-state index contributed by atoms with van der Waals surface area (Å²) in [5.41, 5.74) is -0.216. The molecule has 4 nitrogen and oxygen atoms in total. The molecule has 1 rings (SSSR count). The van der Waals surface area contributed by atoms with Crippen LogP contribution in [0.5, 0.6) is 0 Å². The molecule has 1 aliphatic heterocycles. The van der Waals surface area contributed by atoms with Gasteiger partial charge in [-0.3, -0.25) is 4.79 Å². The fraction of sp³-hybridized carbons (Fsp3) is 0.929. The lowest BCUT2D eigenvalue weighted by Crippen LogP contribution is -2.47. The normalized spacial score (nSPS) is 23.9. The maximum absolute atomic E-state index is 12.6. The molecule has 106 valence electrons. The molecular formula is C14H28N2O2. The number of rotatable bonds is 6. The van der Waals surface area contributed by atoms with E-state index in [1.807, 2.05) is 25.8 Å². The van der Waals surface area contributed by atoms with Crippen molar-refractivity contribution >= 4 is 5.91 Å². The Balaban J connectivity index is 2.55. The number of ether oxygens (including phenoxy) is 1. The summed E-state index contributed by atoms with van der Waals surface area (Å²) in [5.74, 6) is 0.628. The highest BCUT2D eigenvalue weighted by atomic mass is 16.5. The van der Waals surface area contributed by atoms with Crippen molar-refractivity contribution in [2.75, 3.05) is 33.3 Å². The molecule has 0 radical (unpaired) electrons. The average molecular weight is 256 g/mol. The summed E-state index contributed by atoms with van der Waals surface area (Å²) < 4.78 is 5.51. The number of hydrogen-bond acceptors (Lipinski definition) is 3. The van der Waals surface area contributed by atoms with Gasteiger partial charge >= 0.3 is 0 Å². The third-order valence-corrected chi connectivity index (χ3v) is 3.94. The molecule has 18 heavy (non-hydrogen) atoms. The standard InChI is InChI=1S/C14H28N2O2/c1-11(2)14(6-7-15-10-14)13(17)16(5)8-9-18-12(3)4/h11-12,15H,6-10H2,1-5H3. The number of hydrogen-bond donors (Lipinski definition) is 1. The first-order valence-corrected chi connectivity index (χ1v) is 6.98. The summed E-state index contributed by atoms with van der Waals surface area (Å²) in [6, 6.07) is 0. The number of likely N-dealkylation sites (N-methyl/N-ethyl adjacent to an activating group) is 1. The van der Waals surface area contributed by atoms with E-state index in [9.17, 15) is 4.79 Å². The van der Waals surface area contributed by atoms with Gasteiger partial charge in [0.25, 0.3) is 0 Å². The number of nitrogens with zero attached hydrogens (tertiary/aromatic N) is 1. The van der Waals surface area contributed by atoms with E-state index in [1.54, 1.807) is 0 Å². The fourth-order valence-electron chi connectivity index (χ4n) is 2.54. The van der Waals surface area contributed by atoms with Crippen molar-refractivity contribution in [2.45, 2.75) is 40.2 Å². The molecule has 1 aliphatic rings. The second-order valence-electron chi connectivity index (χ2n) is 5.88. The highest BCUT2D eigenvalue weighted by molar-refractivity contribution is 5.83. The maximum Gasteiger partial charge on any atom is 0.230 e. The zero-order valence-electron chi connectivity index (χ0n) is 12.5. The van der Waals surface area contributed by atoms with Crippen molar-refractivity contribution in [3.05, 3.63) is 0 Å². The first-order valence-electron chi connectivity index (χ1n) is 6.98. The lowest BCUT2D eigenvalue weighted by atomic mass is 9.75. The minimum absolute atomic E-state index is 0.216. The van der Waals surface area contributed by atoms with Crippen LogP contribution in [0, 0.1) is 11.3 Å². The summed E-state index contributed by atoms with van der Waals surface area (Å²) in [6.07, 6.45) is 1.17. The van der Waals surface area contributed by atoms with Crippen LogP contribution in [0.1, 0.15) is 34.1 Å². The van der Waals surface area contributed by atoms with E-state index < -0.39 is 0 Å². The first kappa shape index (κ1) is 15.4. The van der Waals surface area contributed by atoms with Crippen LogP contribution >= 0.6 is 0 Å². The second-order valence-corrected chi connectivity index (χ2v) is 5.88. The number of carbonyl (C=O) groups excluding carboxylic acids is 1. The Hall–Kier alpha value is -0.610. The highest BCUT2D eigenvalue weighted by Crippen LogP contribution is 2.35. The van der Waals surface area contributed by atoms with E-state index in [0.717, 1.165) is 19.5 Å². The van der Waals surface area contributed by atoms with Crippen LogP contribution in [0.3, 0.4) is 0 Å². The Morgan fingerprint density at radius 3 is 2.50 bits per heavy atom. The van der Waals surface area contributed by atoms with Crippen LogP contribution in [-0.2, 0) is 9.53 Å². The van der Waals surface area contributed by atoms with Crippen LogP contribution in [0.15, 0.2) is 0 Å². The van der Waals surface area contributed by atoms with Gasteiger partial charge < -0.3 is 15.0 Å². The Labute approximate surface area is 111 Å². The van der Waals surface area contributed by atoms with Crippen molar-refractivity contribution in [3.63, 3.8) is 0 Å². The zero-order chi connectivity index (χ0) is 13.8. The summed E-state index contributed by atoms with van der Waals surface area (Å²) in [7, 11) is 1.88. The van der Waals surface area contributed by atoms with Crippen molar-refractivity contribution in [1.82, 2.24) is 10.2 Å². The van der Waals surface area contributed by atoms with Gasteiger partial charge in [-0.15, -0.1) is 0 Å². The largest absolute Gasteiger partial charge is 0.377 e. The molecule has 4 heteroatoms. The first-order chi connectivity index (χ1) is 8.40. The van der Waals surface area contributed by atoms with Crippen molar-refractivity contribution in [3.8, 4) is 0 Å². The van der Waals surface area contributed by atoms with Crippen LogP contribution in [0.2, 0.25) is 0 Å². The predicted octanol–water partition coefficient (Wildman–Crippen LogP) is 1.51. The van der Waals surface area contributed by atoms with Gasteiger partial charge in [-0.25, -0.2) is 0 Å². The van der Waals surface area contributed by atoms with Crippen LogP contribution < -0.4 is 5.32 Å². The zero-order valence-corrected chi connectivity index (χ0v) is 12.5. The van der Waals surface area contributed by atoms with E-state index in [4.69, 9.17) is 4.74 Å². The molecule has 1 N–H and O–H groups in total. The molecule has 0 bridgehead atoms. The molecule has 1 amide bonds. The van der Waals surface area contributed by atoms with Crippen molar-refractivity contribution < 1.29 is 9.53 Å². The molecule has 0 aromatic heterocycles. The lowest BCUT2D eigenvalue weighted by molar-refractivity contribution is -0.143. The van der Waals surface area contributed by atoms with Crippen LogP contribution in [0.4, 0.5) is 0 Å². The smallest absolute Gasteiger partial charge is 0.230 e. The Morgan fingerprint density at radius 2 is 2.06 bits per heavy atom. The van der Waals surface area contributed by atoms with Gasteiger partial charge in [0.2, 0.25) is 5.91 Å². The average Bonchev–Trinajstić information content (AvgIpc) is 2.77. The molecule has 0 saturated carbocycles.